The summed E-state index contributed by atoms with van der Waals surface area (Å²) in [5, 5.41) is 19.6. The summed E-state index contributed by atoms with van der Waals surface area (Å²) in [6, 6.07) is 0.614. The van der Waals surface area contributed by atoms with E-state index in [1.165, 1.54) is 20.8 Å². The number of alkyl halides is 6. The molecule has 38 heavy (non-hydrogen) atoms. The predicted molar refractivity (Wildman–Crippen MR) is 123 cm³/mol. The first kappa shape index (κ1) is 29.7. The van der Waals surface area contributed by atoms with Crippen LogP contribution in [0.2, 0.25) is 0 Å². The van der Waals surface area contributed by atoms with Gasteiger partial charge in [-0.05, 0) is 57.9 Å². The maximum absolute atomic E-state index is 14.1. The SMILES string of the molecule is CC1(C)CCCCCC(O)(C(F)(F)F)c2nnc(o2)-c2nc(c(C(F)(F)F)cc2NC(=O)OC(C)(C)C)C1. The van der Waals surface area contributed by atoms with Crippen LogP contribution in [0.5, 0.6) is 0 Å². The fourth-order valence-corrected chi connectivity index (χ4v) is 4.16. The highest BCUT2D eigenvalue weighted by Crippen LogP contribution is 2.45. The second kappa shape index (κ2) is 10.0. The van der Waals surface area contributed by atoms with Crippen LogP contribution in [-0.2, 0) is 22.9 Å². The van der Waals surface area contributed by atoms with E-state index >= 15 is 0 Å². The normalized spacial score (nSPS) is 20.9. The molecule has 4 bridgehead atoms. The number of anilines is 1. The molecule has 1 unspecified atom stereocenters. The Morgan fingerprint density at radius 2 is 1.68 bits per heavy atom. The highest BCUT2D eigenvalue weighted by Gasteiger charge is 2.58. The number of amides is 1. The zero-order valence-corrected chi connectivity index (χ0v) is 21.6. The van der Waals surface area contributed by atoms with Gasteiger partial charge in [-0.15, -0.1) is 10.2 Å². The number of hydrogen-bond donors (Lipinski definition) is 2. The van der Waals surface area contributed by atoms with Gasteiger partial charge in [-0.2, -0.15) is 26.3 Å². The molecule has 0 aromatic carbocycles. The van der Waals surface area contributed by atoms with Crippen molar-refractivity contribution in [1.29, 1.82) is 0 Å². The van der Waals surface area contributed by atoms with E-state index in [2.05, 4.69) is 20.5 Å². The molecular weight excluding hydrogens is 522 g/mol. The fraction of sp³-hybridized carbons (Fsp3) is 0.667. The number of rotatable bonds is 1. The van der Waals surface area contributed by atoms with Crippen molar-refractivity contribution in [2.75, 3.05) is 5.32 Å². The number of halogens is 6. The molecule has 3 rings (SSSR count). The zero-order valence-electron chi connectivity index (χ0n) is 21.6. The van der Waals surface area contributed by atoms with Gasteiger partial charge in [0, 0.05) is 0 Å². The second-order valence-corrected chi connectivity index (χ2v) is 11.2. The number of carbonyl (C=O) groups excluding carboxylic acids is 1. The number of nitrogens with one attached hydrogen (secondary N) is 1. The number of ether oxygens (including phenoxy) is 1. The molecule has 1 aliphatic heterocycles. The lowest BCUT2D eigenvalue weighted by atomic mass is 9.81. The van der Waals surface area contributed by atoms with Gasteiger partial charge in [-0.1, -0.05) is 26.7 Å². The van der Waals surface area contributed by atoms with Gasteiger partial charge in [0.1, 0.15) is 5.60 Å². The van der Waals surface area contributed by atoms with Crippen LogP contribution in [0.15, 0.2) is 10.5 Å². The molecule has 8 nitrogen and oxygen atoms in total. The van der Waals surface area contributed by atoms with Crippen LogP contribution in [0.3, 0.4) is 0 Å². The molecule has 1 amide bonds. The molecule has 0 spiro atoms. The van der Waals surface area contributed by atoms with Gasteiger partial charge >= 0.3 is 18.4 Å². The molecule has 1 aliphatic rings. The highest BCUT2D eigenvalue weighted by molar-refractivity contribution is 5.89. The van der Waals surface area contributed by atoms with Gasteiger partial charge in [-0.25, -0.2) is 9.78 Å². The molecule has 14 heteroatoms. The second-order valence-electron chi connectivity index (χ2n) is 11.2. The van der Waals surface area contributed by atoms with E-state index in [0.29, 0.717) is 18.9 Å². The topological polar surface area (TPSA) is 110 Å². The molecule has 3 heterocycles. The van der Waals surface area contributed by atoms with Crippen molar-refractivity contribution in [2.45, 2.75) is 96.7 Å². The molecular formula is C24H30F6N4O4. The van der Waals surface area contributed by atoms with E-state index in [9.17, 15) is 36.2 Å². The van der Waals surface area contributed by atoms with Crippen LogP contribution in [0.4, 0.5) is 36.8 Å². The Hall–Kier alpha value is -2.90. The average molecular weight is 553 g/mol. The maximum Gasteiger partial charge on any atom is 0.426 e. The smallest absolute Gasteiger partial charge is 0.426 e. The van der Waals surface area contributed by atoms with Gasteiger partial charge < -0.3 is 14.3 Å². The number of pyridine rings is 1. The van der Waals surface area contributed by atoms with E-state index in [1.807, 2.05) is 0 Å². The Morgan fingerprint density at radius 1 is 1.05 bits per heavy atom. The Bertz CT molecular complexity index is 1170. The van der Waals surface area contributed by atoms with Gasteiger partial charge in [0.2, 0.25) is 5.60 Å². The number of hydrogen-bond acceptors (Lipinski definition) is 7. The number of aromatic nitrogens is 3. The summed E-state index contributed by atoms with van der Waals surface area (Å²) in [7, 11) is 0. The molecule has 0 saturated heterocycles. The molecule has 0 aliphatic carbocycles. The molecule has 0 fully saturated rings. The third-order valence-electron chi connectivity index (χ3n) is 6.03. The first-order chi connectivity index (χ1) is 17.2. The van der Waals surface area contributed by atoms with Crippen LogP contribution in [0, 0.1) is 5.41 Å². The predicted octanol–water partition coefficient (Wildman–Crippen LogP) is 6.78. The average Bonchev–Trinajstić information content (AvgIpc) is 3.20. The standard InChI is InChI=1S/C24H30F6N4O4/c1-20(2,3)38-19(35)32-14-11-13(23(25,26)27)15-12-21(4,5)9-7-6-8-10-22(36,24(28,29)30)18-34-33-17(37-18)16(14)31-15/h11,36H,6-10,12H2,1-5H3,(H,32,35). The number of fused-ring (bicyclic) bond motifs is 5. The van der Waals surface area contributed by atoms with Crippen molar-refractivity contribution < 1.29 is 45.4 Å². The Kier molecular flexibility index (Phi) is 7.81. The van der Waals surface area contributed by atoms with E-state index in [-0.39, 0.29) is 19.3 Å². The molecule has 1 atom stereocenters. The van der Waals surface area contributed by atoms with Crippen LogP contribution in [-0.4, -0.2) is 38.2 Å². The van der Waals surface area contributed by atoms with Crippen molar-refractivity contribution in [3.63, 3.8) is 0 Å². The maximum atomic E-state index is 14.1. The van der Waals surface area contributed by atoms with Crippen LogP contribution < -0.4 is 5.32 Å². The summed E-state index contributed by atoms with van der Waals surface area (Å²) in [5.41, 5.74) is -7.81. The first-order valence-corrected chi connectivity index (χ1v) is 12.0. The number of aliphatic hydroxyl groups is 1. The van der Waals surface area contributed by atoms with Crippen molar-refractivity contribution >= 4 is 11.8 Å². The fourth-order valence-electron chi connectivity index (χ4n) is 4.16. The van der Waals surface area contributed by atoms with Crippen LogP contribution in [0.25, 0.3) is 11.6 Å². The van der Waals surface area contributed by atoms with E-state index in [4.69, 9.17) is 9.15 Å². The Morgan fingerprint density at radius 3 is 2.26 bits per heavy atom. The van der Waals surface area contributed by atoms with Crippen molar-refractivity contribution in [1.82, 2.24) is 15.2 Å². The number of carbonyl (C=O) groups is 1. The third-order valence-corrected chi connectivity index (χ3v) is 6.03. The molecule has 0 radical (unpaired) electrons. The molecule has 2 N–H and O–H groups in total. The molecule has 2 aromatic heterocycles. The van der Waals surface area contributed by atoms with Crippen LogP contribution in [0.1, 0.15) is 83.9 Å². The monoisotopic (exact) mass is 552 g/mol. The third kappa shape index (κ3) is 6.75. The minimum atomic E-state index is -5.18. The quantitative estimate of drug-likeness (QED) is 0.375. The van der Waals surface area contributed by atoms with Gasteiger partial charge in [0.15, 0.2) is 5.69 Å². The van der Waals surface area contributed by atoms with Gasteiger partial charge in [0.25, 0.3) is 11.8 Å². The lowest BCUT2D eigenvalue weighted by Crippen LogP contribution is -2.42. The summed E-state index contributed by atoms with van der Waals surface area (Å²) in [6.45, 7) is 8.05. The summed E-state index contributed by atoms with van der Waals surface area (Å²) < 4.78 is 94.3. The minimum absolute atomic E-state index is 0.0490. The van der Waals surface area contributed by atoms with E-state index in [0.717, 1.165) is 0 Å². The Labute approximate surface area is 215 Å². The minimum Gasteiger partial charge on any atom is -0.444 e. The largest absolute Gasteiger partial charge is 0.444 e. The molecule has 2 aromatic rings. The van der Waals surface area contributed by atoms with Gasteiger partial charge in [-0.3, -0.25) is 5.32 Å². The lowest BCUT2D eigenvalue weighted by Gasteiger charge is -2.28. The van der Waals surface area contributed by atoms with Crippen molar-refractivity contribution in [2.24, 2.45) is 5.41 Å². The van der Waals surface area contributed by atoms with E-state index in [1.54, 1.807) is 13.8 Å². The Balaban J connectivity index is 2.26. The summed E-state index contributed by atoms with van der Waals surface area (Å²) in [4.78, 5) is 16.5. The summed E-state index contributed by atoms with van der Waals surface area (Å²) in [6.07, 6.45) is -11.0. The highest BCUT2D eigenvalue weighted by atomic mass is 19.4. The molecule has 0 saturated carbocycles. The number of nitrogens with zero attached hydrogens (tertiary/aromatic N) is 3. The molecule has 212 valence electrons. The van der Waals surface area contributed by atoms with E-state index < -0.39 is 75.9 Å². The first-order valence-electron chi connectivity index (χ1n) is 12.0. The van der Waals surface area contributed by atoms with Crippen molar-refractivity contribution in [3.05, 3.63) is 23.2 Å². The zero-order chi connectivity index (χ0) is 28.7. The summed E-state index contributed by atoms with van der Waals surface area (Å²) >= 11 is 0. The van der Waals surface area contributed by atoms with Gasteiger partial charge in [0.05, 0.1) is 16.9 Å². The summed E-state index contributed by atoms with van der Waals surface area (Å²) in [5.74, 6) is -1.89. The van der Waals surface area contributed by atoms with Crippen LogP contribution >= 0.6 is 0 Å². The lowest BCUT2D eigenvalue weighted by molar-refractivity contribution is -0.277. The van der Waals surface area contributed by atoms with Crippen molar-refractivity contribution in [3.8, 4) is 11.6 Å².